The van der Waals surface area contributed by atoms with E-state index in [1.807, 2.05) is 24.3 Å². The molecule has 7 heteroatoms. The number of nitrogens with zero attached hydrogens (tertiary/aromatic N) is 2. The lowest BCUT2D eigenvalue weighted by molar-refractivity contribution is 0.0945. The molecule has 2 N–H and O–H groups in total. The van der Waals surface area contributed by atoms with Gasteiger partial charge in [-0.3, -0.25) is 4.79 Å². The van der Waals surface area contributed by atoms with E-state index in [9.17, 15) is 4.79 Å². The predicted octanol–water partition coefficient (Wildman–Crippen LogP) is 3.07. The number of carbonyl (C=O) groups is 1. The first-order valence-corrected chi connectivity index (χ1v) is 8.41. The van der Waals surface area contributed by atoms with Gasteiger partial charge in [-0.1, -0.05) is 17.7 Å². The van der Waals surface area contributed by atoms with Gasteiger partial charge in [-0.15, -0.1) is 12.4 Å². The average Bonchev–Trinajstić information content (AvgIpc) is 3.06. The van der Waals surface area contributed by atoms with E-state index in [1.54, 1.807) is 16.9 Å². The maximum absolute atomic E-state index is 12.2. The Bertz CT molecular complexity index is 668. The van der Waals surface area contributed by atoms with Gasteiger partial charge >= 0.3 is 0 Å². The molecule has 0 saturated carbocycles. The Hall–Kier alpha value is -1.56. The lowest BCUT2D eigenvalue weighted by Crippen LogP contribution is -2.33. The zero-order valence-corrected chi connectivity index (χ0v) is 14.9. The number of hydrogen-bond acceptors (Lipinski definition) is 3. The third-order valence-electron chi connectivity index (χ3n) is 4.13. The summed E-state index contributed by atoms with van der Waals surface area (Å²) in [5.74, 6) is 0.530. The lowest BCUT2D eigenvalue weighted by atomic mass is 9.96. The highest BCUT2D eigenvalue weighted by Gasteiger charge is 2.14. The quantitative estimate of drug-likeness (QED) is 0.852. The van der Waals surface area contributed by atoms with E-state index in [0.717, 1.165) is 25.2 Å². The van der Waals surface area contributed by atoms with E-state index >= 15 is 0 Å². The van der Waals surface area contributed by atoms with Crippen LogP contribution in [0, 0.1) is 5.92 Å². The second-order valence-corrected chi connectivity index (χ2v) is 6.32. The van der Waals surface area contributed by atoms with Gasteiger partial charge in [0.25, 0.3) is 5.91 Å². The number of rotatable bonds is 5. The molecule has 1 aromatic carbocycles. The number of benzene rings is 1. The highest BCUT2D eigenvalue weighted by Crippen LogP contribution is 2.15. The average molecular weight is 369 g/mol. The number of piperidine rings is 1. The Balaban J connectivity index is 0.00000208. The molecule has 1 aliphatic heterocycles. The summed E-state index contributed by atoms with van der Waals surface area (Å²) in [4.78, 5) is 12.2. The summed E-state index contributed by atoms with van der Waals surface area (Å²) in [5, 5.41) is 11.3. The van der Waals surface area contributed by atoms with Crippen LogP contribution in [0.1, 0.15) is 29.8 Å². The van der Waals surface area contributed by atoms with Gasteiger partial charge in [0, 0.05) is 17.8 Å². The Morgan fingerprint density at radius 1 is 1.42 bits per heavy atom. The van der Waals surface area contributed by atoms with Crippen molar-refractivity contribution in [2.45, 2.75) is 19.3 Å². The number of amides is 1. The molecule has 24 heavy (non-hydrogen) atoms. The largest absolute Gasteiger partial charge is 0.351 e. The van der Waals surface area contributed by atoms with Gasteiger partial charge in [-0.2, -0.15) is 5.10 Å². The number of halogens is 2. The molecule has 1 atom stereocenters. The van der Waals surface area contributed by atoms with E-state index in [2.05, 4.69) is 15.7 Å². The van der Waals surface area contributed by atoms with Crippen molar-refractivity contribution in [1.82, 2.24) is 20.4 Å². The van der Waals surface area contributed by atoms with Gasteiger partial charge in [0.1, 0.15) is 0 Å². The molecule has 0 bridgehead atoms. The van der Waals surface area contributed by atoms with Crippen molar-refractivity contribution in [1.29, 1.82) is 0 Å². The topological polar surface area (TPSA) is 59.0 Å². The fraction of sp³-hybridized carbons (Fsp3) is 0.412. The molecule has 0 spiro atoms. The maximum Gasteiger partial charge on any atom is 0.271 e. The summed E-state index contributed by atoms with van der Waals surface area (Å²) in [6.07, 6.45) is 5.24. The molecule has 1 unspecified atom stereocenters. The van der Waals surface area contributed by atoms with Gasteiger partial charge < -0.3 is 10.6 Å². The Kier molecular flexibility index (Phi) is 7.09. The standard InChI is InChI=1S/C17H21ClN4O.ClH/c18-14-4-1-5-15(11-14)22-10-7-16(21-22)17(23)20-9-6-13-3-2-8-19-12-13;/h1,4-5,7,10-11,13,19H,2-3,6,8-9,12H2,(H,20,23);1H. The first-order chi connectivity index (χ1) is 11.2. The second kappa shape index (κ2) is 9.06. The molecule has 1 amide bonds. The third kappa shape index (κ3) is 4.97. The van der Waals surface area contributed by atoms with Crippen molar-refractivity contribution in [3.8, 4) is 5.69 Å². The Labute approximate surface area is 153 Å². The van der Waals surface area contributed by atoms with Crippen LogP contribution in [0.25, 0.3) is 5.69 Å². The van der Waals surface area contributed by atoms with Crippen LogP contribution in [0.4, 0.5) is 0 Å². The SMILES string of the molecule is Cl.O=C(NCCC1CCCNC1)c1ccn(-c2cccc(Cl)c2)n1. The Morgan fingerprint density at radius 3 is 3.04 bits per heavy atom. The van der Waals surface area contributed by atoms with Crippen LogP contribution in [0.3, 0.4) is 0 Å². The third-order valence-corrected chi connectivity index (χ3v) is 4.37. The predicted molar refractivity (Wildman–Crippen MR) is 98.4 cm³/mol. The highest BCUT2D eigenvalue weighted by molar-refractivity contribution is 6.30. The van der Waals surface area contributed by atoms with E-state index in [4.69, 9.17) is 11.6 Å². The smallest absolute Gasteiger partial charge is 0.271 e. The van der Waals surface area contributed by atoms with Crippen LogP contribution in [0.2, 0.25) is 5.02 Å². The van der Waals surface area contributed by atoms with Crippen molar-refractivity contribution in [2.75, 3.05) is 19.6 Å². The zero-order valence-electron chi connectivity index (χ0n) is 13.4. The van der Waals surface area contributed by atoms with Gasteiger partial charge in [0.15, 0.2) is 5.69 Å². The number of nitrogens with one attached hydrogen (secondary N) is 2. The summed E-state index contributed by atoms with van der Waals surface area (Å²) in [6.45, 7) is 2.86. The summed E-state index contributed by atoms with van der Waals surface area (Å²) in [5.41, 5.74) is 1.26. The van der Waals surface area contributed by atoms with Gasteiger partial charge in [-0.25, -0.2) is 4.68 Å². The molecular weight excluding hydrogens is 347 g/mol. The molecule has 2 aromatic rings. The highest BCUT2D eigenvalue weighted by atomic mass is 35.5. The van der Waals surface area contributed by atoms with Crippen LogP contribution in [0.15, 0.2) is 36.5 Å². The molecule has 1 saturated heterocycles. The number of carbonyl (C=O) groups excluding carboxylic acids is 1. The normalized spacial score (nSPS) is 17.1. The zero-order chi connectivity index (χ0) is 16.1. The van der Waals surface area contributed by atoms with Crippen LogP contribution >= 0.6 is 24.0 Å². The van der Waals surface area contributed by atoms with Crippen molar-refractivity contribution >= 4 is 29.9 Å². The van der Waals surface area contributed by atoms with E-state index in [-0.39, 0.29) is 18.3 Å². The summed E-state index contributed by atoms with van der Waals surface area (Å²) in [7, 11) is 0. The van der Waals surface area contributed by atoms with Crippen molar-refractivity contribution in [2.24, 2.45) is 5.92 Å². The maximum atomic E-state index is 12.2. The lowest BCUT2D eigenvalue weighted by Gasteiger charge is -2.22. The fourth-order valence-electron chi connectivity index (χ4n) is 2.86. The summed E-state index contributed by atoms with van der Waals surface area (Å²) in [6, 6.07) is 9.10. The molecule has 0 radical (unpaired) electrons. The molecular formula is C17H22Cl2N4O. The van der Waals surface area contributed by atoms with Crippen LogP contribution in [0.5, 0.6) is 0 Å². The first kappa shape index (κ1) is 18.8. The van der Waals surface area contributed by atoms with Crippen molar-refractivity contribution < 1.29 is 4.79 Å². The van der Waals surface area contributed by atoms with Crippen LogP contribution in [-0.2, 0) is 0 Å². The van der Waals surface area contributed by atoms with E-state index < -0.39 is 0 Å². The van der Waals surface area contributed by atoms with Crippen molar-refractivity contribution in [3.63, 3.8) is 0 Å². The molecule has 1 aromatic heterocycles. The van der Waals surface area contributed by atoms with Gasteiger partial charge in [0.05, 0.1) is 5.69 Å². The molecule has 2 heterocycles. The number of aromatic nitrogens is 2. The fourth-order valence-corrected chi connectivity index (χ4v) is 3.04. The Morgan fingerprint density at radius 2 is 2.29 bits per heavy atom. The first-order valence-electron chi connectivity index (χ1n) is 8.03. The minimum atomic E-state index is -0.130. The minimum absolute atomic E-state index is 0. The van der Waals surface area contributed by atoms with E-state index in [0.29, 0.717) is 23.2 Å². The summed E-state index contributed by atoms with van der Waals surface area (Å²) < 4.78 is 1.66. The van der Waals surface area contributed by atoms with Gasteiger partial charge in [0.2, 0.25) is 0 Å². The molecule has 130 valence electrons. The van der Waals surface area contributed by atoms with E-state index in [1.165, 1.54) is 12.8 Å². The van der Waals surface area contributed by atoms with Crippen LogP contribution in [-0.4, -0.2) is 35.3 Å². The molecule has 1 fully saturated rings. The molecule has 3 rings (SSSR count). The molecule has 1 aliphatic rings. The van der Waals surface area contributed by atoms with Gasteiger partial charge in [-0.05, 0) is 62.5 Å². The second-order valence-electron chi connectivity index (χ2n) is 5.88. The van der Waals surface area contributed by atoms with Crippen LogP contribution < -0.4 is 10.6 Å². The molecule has 0 aliphatic carbocycles. The monoisotopic (exact) mass is 368 g/mol. The summed E-state index contributed by atoms with van der Waals surface area (Å²) >= 11 is 5.98. The minimum Gasteiger partial charge on any atom is -0.351 e. The molecule has 5 nitrogen and oxygen atoms in total. The van der Waals surface area contributed by atoms with Crippen molar-refractivity contribution in [3.05, 3.63) is 47.2 Å². The number of hydrogen-bond donors (Lipinski definition) is 2.